The first-order chi connectivity index (χ1) is 8.06. The molecule has 0 unspecified atom stereocenters. The van der Waals surface area contributed by atoms with Gasteiger partial charge < -0.3 is 10.0 Å². The van der Waals surface area contributed by atoms with Gasteiger partial charge in [0.15, 0.2) is 5.69 Å². The van der Waals surface area contributed by atoms with E-state index < -0.39 is 16.8 Å². The molecule has 1 fully saturated rings. The molecule has 2 rings (SSSR count). The van der Waals surface area contributed by atoms with Crippen LogP contribution in [0.2, 0.25) is 0 Å². The zero-order valence-electron chi connectivity index (χ0n) is 9.42. The van der Waals surface area contributed by atoms with E-state index in [1.807, 2.05) is 4.90 Å². The van der Waals surface area contributed by atoms with Crippen LogP contribution in [-0.2, 0) is 10.8 Å². The molecule has 7 heteroatoms. The maximum absolute atomic E-state index is 11.2. The summed E-state index contributed by atoms with van der Waals surface area (Å²) in [6.45, 7) is 2.95. The predicted octanol–water partition coefficient (Wildman–Crippen LogP) is 0.0519. The fourth-order valence-corrected chi connectivity index (χ4v) is 2.69. The highest BCUT2D eigenvalue weighted by Gasteiger charge is 2.19. The molecule has 2 heterocycles. The first-order valence-corrected chi connectivity index (χ1v) is 6.74. The van der Waals surface area contributed by atoms with Crippen LogP contribution in [-0.4, -0.2) is 49.8 Å². The number of aromatic carboxylic acids is 1. The summed E-state index contributed by atoms with van der Waals surface area (Å²) in [4.78, 5) is 21.0. The predicted molar refractivity (Wildman–Crippen MR) is 63.8 cm³/mol. The number of carboxylic acids is 1. The Hall–Kier alpha value is -1.50. The third-order valence-corrected chi connectivity index (χ3v) is 3.80. The zero-order chi connectivity index (χ0) is 12.4. The van der Waals surface area contributed by atoms with Crippen molar-refractivity contribution in [2.75, 3.05) is 29.5 Å². The summed E-state index contributed by atoms with van der Waals surface area (Å²) in [5.41, 5.74) is 0.623. The van der Waals surface area contributed by atoms with E-state index in [9.17, 15) is 9.00 Å². The van der Waals surface area contributed by atoms with Gasteiger partial charge in [0.2, 0.25) is 5.95 Å². The number of aryl methyl sites for hydroxylation is 1. The molecule has 0 atom stereocenters. The summed E-state index contributed by atoms with van der Waals surface area (Å²) in [5.74, 6) is 0.524. The van der Waals surface area contributed by atoms with E-state index in [0.717, 1.165) is 0 Å². The molecule has 1 aromatic heterocycles. The second kappa shape index (κ2) is 4.79. The van der Waals surface area contributed by atoms with Gasteiger partial charge in [-0.05, 0) is 13.0 Å². The number of carboxylic acid groups (broad SMARTS) is 1. The molecule has 92 valence electrons. The van der Waals surface area contributed by atoms with E-state index in [1.165, 1.54) is 6.07 Å². The maximum atomic E-state index is 11.2. The fourth-order valence-electron chi connectivity index (χ4n) is 1.64. The molecule has 1 N–H and O–H groups in total. The highest BCUT2D eigenvalue weighted by Crippen LogP contribution is 2.12. The van der Waals surface area contributed by atoms with Crippen LogP contribution < -0.4 is 4.90 Å². The van der Waals surface area contributed by atoms with Crippen molar-refractivity contribution in [2.45, 2.75) is 6.92 Å². The van der Waals surface area contributed by atoms with Crippen LogP contribution >= 0.6 is 0 Å². The fraction of sp³-hybridized carbons (Fsp3) is 0.500. The van der Waals surface area contributed by atoms with Gasteiger partial charge in [-0.1, -0.05) is 0 Å². The zero-order valence-corrected chi connectivity index (χ0v) is 10.2. The summed E-state index contributed by atoms with van der Waals surface area (Å²) < 4.78 is 11.2. The first kappa shape index (κ1) is 12.0. The van der Waals surface area contributed by atoms with Crippen molar-refractivity contribution in [3.8, 4) is 0 Å². The standard InChI is InChI=1S/C10H13N3O3S/c1-7-6-8(9(14)15)12-10(11-7)13-2-4-17(16)5-3-13/h6H,2-5H2,1H3,(H,14,15). The summed E-state index contributed by atoms with van der Waals surface area (Å²) in [5, 5.41) is 8.92. The molecule has 0 aliphatic carbocycles. The van der Waals surface area contributed by atoms with Gasteiger partial charge in [-0.2, -0.15) is 0 Å². The summed E-state index contributed by atoms with van der Waals surface area (Å²) in [6.07, 6.45) is 0. The molecule has 1 saturated heterocycles. The van der Waals surface area contributed by atoms with Gasteiger partial charge in [-0.25, -0.2) is 14.8 Å². The Bertz CT molecular complexity index is 468. The van der Waals surface area contributed by atoms with E-state index >= 15 is 0 Å². The molecule has 0 radical (unpaired) electrons. The lowest BCUT2D eigenvalue weighted by Gasteiger charge is -2.26. The summed E-state index contributed by atoms with van der Waals surface area (Å²) in [7, 11) is -0.768. The second-order valence-corrected chi connectivity index (χ2v) is 5.53. The van der Waals surface area contributed by atoms with Crippen LogP contribution in [0.1, 0.15) is 16.2 Å². The monoisotopic (exact) mass is 255 g/mol. The Morgan fingerprint density at radius 3 is 2.65 bits per heavy atom. The lowest BCUT2D eigenvalue weighted by Crippen LogP contribution is -2.39. The quantitative estimate of drug-likeness (QED) is 0.804. The minimum Gasteiger partial charge on any atom is -0.477 e. The van der Waals surface area contributed by atoms with Crippen LogP contribution in [0.5, 0.6) is 0 Å². The minimum absolute atomic E-state index is 0.000745. The van der Waals surface area contributed by atoms with Crippen molar-refractivity contribution >= 4 is 22.7 Å². The van der Waals surface area contributed by atoms with Crippen molar-refractivity contribution in [3.05, 3.63) is 17.5 Å². The van der Waals surface area contributed by atoms with Crippen LogP contribution in [0.15, 0.2) is 6.07 Å². The molecule has 0 aromatic carbocycles. The maximum Gasteiger partial charge on any atom is 0.354 e. The van der Waals surface area contributed by atoms with Gasteiger partial charge in [0.25, 0.3) is 0 Å². The van der Waals surface area contributed by atoms with E-state index in [-0.39, 0.29) is 5.69 Å². The van der Waals surface area contributed by atoms with E-state index in [1.54, 1.807) is 6.92 Å². The molecule has 0 bridgehead atoms. The normalized spacial score (nSPS) is 17.1. The third kappa shape index (κ3) is 2.79. The number of rotatable bonds is 2. The topological polar surface area (TPSA) is 83.4 Å². The van der Waals surface area contributed by atoms with Crippen LogP contribution in [0.3, 0.4) is 0 Å². The number of carbonyl (C=O) groups is 1. The summed E-state index contributed by atoms with van der Waals surface area (Å²) >= 11 is 0. The Balaban J connectivity index is 2.26. The van der Waals surface area contributed by atoms with E-state index in [4.69, 9.17) is 5.11 Å². The minimum atomic E-state index is -1.06. The van der Waals surface area contributed by atoms with Crippen LogP contribution in [0.4, 0.5) is 5.95 Å². The number of aromatic nitrogens is 2. The number of hydrogen-bond donors (Lipinski definition) is 1. The van der Waals surface area contributed by atoms with Crippen LogP contribution in [0, 0.1) is 6.92 Å². The average molecular weight is 255 g/mol. The molecule has 1 aliphatic heterocycles. The Kier molecular flexibility index (Phi) is 3.37. The van der Waals surface area contributed by atoms with Crippen molar-refractivity contribution < 1.29 is 14.1 Å². The van der Waals surface area contributed by atoms with Crippen molar-refractivity contribution in [1.82, 2.24) is 9.97 Å². The lowest BCUT2D eigenvalue weighted by molar-refractivity contribution is 0.0690. The molecule has 1 aromatic rings. The van der Waals surface area contributed by atoms with E-state index in [0.29, 0.717) is 36.2 Å². The molecule has 1 aliphatic rings. The Morgan fingerprint density at radius 1 is 1.41 bits per heavy atom. The number of hydrogen-bond acceptors (Lipinski definition) is 5. The van der Waals surface area contributed by atoms with Gasteiger partial charge in [0, 0.05) is 41.1 Å². The molecule has 0 saturated carbocycles. The number of nitrogens with zero attached hydrogens (tertiary/aromatic N) is 3. The molecule has 17 heavy (non-hydrogen) atoms. The average Bonchev–Trinajstić information content (AvgIpc) is 2.29. The Morgan fingerprint density at radius 2 is 2.06 bits per heavy atom. The van der Waals surface area contributed by atoms with Gasteiger partial charge in [0.05, 0.1) is 0 Å². The lowest BCUT2D eigenvalue weighted by atomic mass is 10.3. The van der Waals surface area contributed by atoms with Crippen molar-refractivity contribution in [3.63, 3.8) is 0 Å². The van der Waals surface area contributed by atoms with Gasteiger partial charge >= 0.3 is 5.97 Å². The highest BCUT2D eigenvalue weighted by molar-refractivity contribution is 7.85. The second-order valence-electron chi connectivity index (χ2n) is 3.83. The molecular weight excluding hydrogens is 242 g/mol. The Labute approximate surface area is 101 Å². The number of anilines is 1. The van der Waals surface area contributed by atoms with E-state index in [2.05, 4.69) is 9.97 Å². The molecular formula is C10H13N3O3S. The third-order valence-electron chi connectivity index (χ3n) is 2.52. The largest absolute Gasteiger partial charge is 0.477 e. The van der Waals surface area contributed by atoms with Gasteiger partial charge in [-0.3, -0.25) is 4.21 Å². The molecule has 6 nitrogen and oxygen atoms in total. The SMILES string of the molecule is Cc1cc(C(=O)O)nc(N2CCS(=O)CC2)n1. The van der Waals surface area contributed by atoms with Crippen molar-refractivity contribution in [1.29, 1.82) is 0 Å². The van der Waals surface area contributed by atoms with Crippen molar-refractivity contribution in [2.24, 2.45) is 0 Å². The molecule has 0 spiro atoms. The van der Waals surface area contributed by atoms with Crippen LogP contribution in [0.25, 0.3) is 0 Å². The van der Waals surface area contributed by atoms with Gasteiger partial charge in [-0.15, -0.1) is 0 Å². The molecule has 0 amide bonds. The first-order valence-electron chi connectivity index (χ1n) is 5.25. The summed E-state index contributed by atoms with van der Waals surface area (Å²) in [6, 6.07) is 1.44. The smallest absolute Gasteiger partial charge is 0.354 e. The van der Waals surface area contributed by atoms with Gasteiger partial charge in [0.1, 0.15) is 0 Å². The highest BCUT2D eigenvalue weighted by atomic mass is 32.2.